The fourth-order valence-corrected chi connectivity index (χ4v) is 2.86. The summed E-state index contributed by atoms with van der Waals surface area (Å²) in [7, 11) is 1.41. The van der Waals surface area contributed by atoms with Gasteiger partial charge in [-0.2, -0.15) is 11.8 Å². The van der Waals surface area contributed by atoms with Crippen LogP contribution in [0.25, 0.3) is 0 Å². The average Bonchev–Trinajstić information content (AvgIpc) is 2.43. The first kappa shape index (κ1) is 17.1. The van der Waals surface area contributed by atoms with E-state index in [1.165, 1.54) is 12.7 Å². The highest BCUT2D eigenvalue weighted by Gasteiger charge is 2.07. The molecule has 1 unspecified atom stereocenters. The summed E-state index contributed by atoms with van der Waals surface area (Å²) in [6.07, 6.45) is 1.55. The summed E-state index contributed by atoms with van der Waals surface area (Å²) >= 11 is 1.69. The second-order valence-electron chi connectivity index (χ2n) is 5.35. The van der Waals surface area contributed by atoms with Crippen molar-refractivity contribution in [2.45, 2.75) is 32.7 Å². The van der Waals surface area contributed by atoms with Crippen LogP contribution in [-0.2, 0) is 16.0 Å². The molecule has 20 heavy (non-hydrogen) atoms. The molecular weight excluding hydrogens is 270 g/mol. The average molecular weight is 295 g/mol. The second kappa shape index (κ2) is 9.03. The molecule has 0 bridgehead atoms. The van der Waals surface area contributed by atoms with Gasteiger partial charge in [0.15, 0.2) is 0 Å². The number of benzene rings is 1. The van der Waals surface area contributed by atoms with Crippen LogP contribution in [0.3, 0.4) is 0 Å². The standard InChI is InChI=1S/C16H25NO2S/c1-12(2)10-13-4-6-14(7-5-13)15(17)11-20-9-8-16(18)19-3/h4-7,12,15H,8-11,17H2,1-3H3. The summed E-state index contributed by atoms with van der Waals surface area (Å²) < 4.78 is 4.60. The van der Waals surface area contributed by atoms with E-state index < -0.39 is 0 Å². The molecule has 0 saturated heterocycles. The van der Waals surface area contributed by atoms with Crippen molar-refractivity contribution < 1.29 is 9.53 Å². The molecule has 112 valence electrons. The van der Waals surface area contributed by atoms with Gasteiger partial charge in [0.1, 0.15) is 0 Å². The molecule has 1 aromatic rings. The van der Waals surface area contributed by atoms with E-state index in [2.05, 4.69) is 42.8 Å². The Hall–Kier alpha value is -1.00. The molecule has 0 spiro atoms. The Morgan fingerprint density at radius 2 is 1.95 bits per heavy atom. The monoisotopic (exact) mass is 295 g/mol. The number of ether oxygens (including phenoxy) is 1. The number of thioether (sulfide) groups is 1. The quantitative estimate of drug-likeness (QED) is 0.591. The molecular formula is C16H25NO2S. The van der Waals surface area contributed by atoms with Gasteiger partial charge < -0.3 is 10.5 Å². The summed E-state index contributed by atoms with van der Waals surface area (Å²) in [5, 5.41) is 0. The molecule has 1 aromatic carbocycles. The van der Waals surface area contributed by atoms with Gasteiger partial charge in [-0.3, -0.25) is 4.79 Å². The lowest BCUT2D eigenvalue weighted by atomic mass is 10.0. The molecule has 3 nitrogen and oxygen atoms in total. The third kappa shape index (κ3) is 6.44. The van der Waals surface area contributed by atoms with Crippen molar-refractivity contribution in [3.05, 3.63) is 35.4 Å². The third-order valence-corrected chi connectivity index (χ3v) is 4.12. The normalized spacial score (nSPS) is 12.4. The molecule has 0 aliphatic heterocycles. The third-order valence-electron chi connectivity index (χ3n) is 3.03. The first-order valence-electron chi connectivity index (χ1n) is 7.02. The van der Waals surface area contributed by atoms with Gasteiger partial charge in [0.2, 0.25) is 0 Å². The largest absolute Gasteiger partial charge is 0.469 e. The van der Waals surface area contributed by atoms with Gasteiger partial charge in [0.25, 0.3) is 0 Å². The van der Waals surface area contributed by atoms with Crippen LogP contribution in [0.5, 0.6) is 0 Å². The SMILES string of the molecule is COC(=O)CCSCC(N)c1ccc(CC(C)C)cc1. The summed E-state index contributed by atoms with van der Waals surface area (Å²) in [6, 6.07) is 8.57. The van der Waals surface area contributed by atoms with Crippen LogP contribution in [-0.4, -0.2) is 24.6 Å². The van der Waals surface area contributed by atoms with E-state index in [1.807, 2.05) is 0 Å². The Morgan fingerprint density at radius 1 is 1.30 bits per heavy atom. The first-order valence-corrected chi connectivity index (χ1v) is 8.17. The minimum Gasteiger partial charge on any atom is -0.469 e. The Labute approximate surface area is 126 Å². The molecule has 2 N–H and O–H groups in total. The summed E-state index contributed by atoms with van der Waals surface area (Å²) in [5.74, 6) is 2.08. The Kier molecular flexibility index (Phi) is 7.70. The minimum absolute atomic E-state index is 0.0192. The number of esters is 1. The van der Waals surface area contributed by atoms with Crippen molar-refractivity contribution in [1.29, 1.82) is 0 Å². The van der Waals surface area contributed by atoms with Crippen LogP contribution in [0.4, 0.5) is 0 Å². The van der Waals surface area contributed by atoms with E-state index >= 15 is 0 Å². The highest BCUT2D eigenvalue weighted by atomic mass is 32.2. The Bertz CT molecular complexity index is 403. The van der Waals surface area contributed by atoms with Crippen molar-refractivity contribution in [2.75, 3.05) is 18.6 Å². The van der Waals surface area contributed by atoms with Crippen molar-refractivity contribution in [3.63, 3.8) is 0 Å². The summed E-state index contributed by atoms with van der Waals surface area (Å²) in [4.78, 5) is 11.0. The maximum Gasteiger partial charge on any atom is 0.306 e. The lowest BCUT2D eigenvalue weighted by Gasteiger charge is -2.13. The maximum atomic E-state index is 11.0. The molecule has 0 heterocycles. The van der Waals surface area contributed by atoms with E-state index in [4.69, 9.17) is 5.73 Å². The van der Waals surface area contributed by atoms with E-state index in [-0.39, 0.29) is 12.0 Å². The van der Waals surface area contributed by atoms with Crippen LogP contribution >= 0.6 is 11.8 Å². The van der Waals surface area contributed by atoms with Gasteiger partial charge in [-0.15, -0.1) is 0 Å². The van der Waals surface area contributed by atoms with Gasteiger partial charge in [-0.25, -0.2) is 0 Å². The zero-order valence-corrected chi connectivity index (χ0v) is 13.4. The molecule has 1 rings (SSSR count). The second-order valence-corrected chi connectivity index (χ2v) is 6.50. The van der Waals surface area contributed by atoms with Crippen molar-refractivity contribution in [3.8, 4) is 0 Å². The van der Waals surface area contributed by atoms with Crippen molar-refractivity contribution in [2.24, 2.45) is 11.7 Å². The number of carbonyl (C=O) groups excluding carboxylic acids is 1. The highest BCUT2D eigenvalue weighted by Crippen LogP contribution is 2.18. The number of hydrogen-bond acceptors (Lipinski definition) is 4. The molecule has 0 amide bonds. The van der Waals surface area contributed by atoms with Gasteiger partial charge in [-0.05, 0) is 23.5 Å². The van der Waals surface area contributed by atoms with Gasteiger partial charge in [-0.1, -0.05) is 38.1 Å². The maximum absolute atomic E-state index is 11.0. The zero-order chi connectivity index (χ0) is 15.0. The van der Waals surface area contributed by atoms with Crippen LogP contribution in [0, 0.1) is 5.92 Å². The number of nitrogens with two attached hydrogens (primary N) is 1. The predicted molar refractivity (Wildman–Crippen MR) is 85.9 cm³/mol. The fourth-order valence-electron chi connectivity index (χ4n) is 1.94. The van der Waals surface area contributed by atoms with Gasteiger partial charge >= 0.3 is 5.97 Å². The Morgan fingerprint density at radius 3 is 2.50 bits per heavy atom. The van der Waals surface area contributed by atoms with Crippen LogP contribution in [0.2, 0.25) is 0 Å². The Balaban J connectivity index is 2.35. The molecule has 0 aromatic heterocycles. The lowest BCUT2D eigenvalue weighted by Crippen LogP contribution is -2.14. The molecule has 0 aliphatic carbocycles. The fraction of sp³-hybridized carbons (Fsp3) is 0.562. The number of methoxy groups -OCH3 is 1. The molecule has 0 radical (unpaired) electrons. The lowest BCUT2D eigenvalue weighted by molar-refractivity contribution is -0.140. The number of carbonyl (C=O) groups is 1. The van der Waals surface area contributed by atoms with E-state index in [9.17, 15) is 4.79 Å². The zero-order valence-electron chi connectivity index (χ0n) is 12.6. The number of rotatable bonds is 8. The molecule has 0 saturated carbocycles. The number of hydrogen-bond donors (Lipinski definition) is 1. The van der Waals surface area contributed by atoms with E-state index in [0.717, 1.165) is 23.5 Å². The molecule has 1 atom stereocenters. The molecule has 4 heteroatoms. The van der Waals surface area contributed by atoms with E-state index in [0.29, 0.717) is 12.3 Å². The van der Waals surface area contributed by atoms with Crippen molar-refractivity contribution >= 4 is 17.7 Å². The van der Waals surface area contributed by atoms with E-state index in [1.54, 1.807) is 11.8 Å². The highest BCUT2D eigenvalue weighted by molar-refractivity contribution is 7.99. The van der Waals surface area contributed by atoms with Gasteiger partial charge in [0, 0.05) is 17.5 Å². The minimum atomic E-state index is -0.163. The van der Waals surface area contributed by atoms with Crippen LogP contribution in [0.15, 0.2) is 24.3 Å². The van der Waals surface area contributed by atoms with Crippen LogP contribution < -0.4 is 5.73 Å². The van der Waals surface area contributed by atoms with Gasteiger partial charge in [0.05, 0.1) is 13.5 Å². The topological polar surface area (TPSA) is 52.3 Å². The smallest absolute Gasteiger partial charge is 0.306 e. The summed E-state index contributed by atoms with van der Waals surface area (Å²) in [6.45, 7) is 4.44. The first-order chi connectivity index (χ1) is 9.52. The summed E-state index contributed by atoms with van der Waals surface area (Å²) in [5.41, 5.74) is 8.67. The predicted octanol–water partition coefficient (Wildman–Crippen LogP) is 3.18. The van der Waals surface area contributed by atoms with Crippen LogP contribution in [0.1, 0.15) is 37.4 Å². The molecule has 0 aliphatic rings. The molecule has 0 fully saturated rings. The van der Waals surface area contributed by atoms with Crippen molar-refractivity contribution in [1.82, 2.24) is 0 Å².